The van der Waals surface area contributed by atoms with E-state index in [9.17, 15) is 0 Å². The monoisotopic (exact) mass is 251 g/mol. The largest absolute Gasteiger partial charge is 0.467 e. The lowest BCUT2D eigenvalue weighted by Crippen LogP contribution is -2.26. The Kier molecular flexibility index (Phi) is 4.46. The van der Waals surface area contributed by atoms with Crippen LogP contribution in [0.5, 0.6) is 0 Å². The highest BCUT2D eigenvalue weighted by atomic mass is 16.5. The van der Waals surface area contributed by atoms with Crippen molar-refractivity contribution in [2.24, 2.45) is 5.41 Å². The molecule has 1 fully saturated rings. The van der Waals surface area contributed by atoms with Crippen LogP contribution in [0.25, 0.3) is 0 Å². The van der Waals surface area contributed by atoms with Crippen molar-refractivity contribution in [1.82, 2.24) is 5.32 Å². The number of ether oxygens (including phenoxy) is 1. The first kappa shape index (κ1) is 13.6. The molecular formula is C15H25NO2. The highest BCUT2D eigenvalue weighted by Gasteiger charge is 2.27. The Morgan fingerprint density at radius 1 is 1.39 bits per heavy atom. The van der Waals surface area contributed by atoms with Gasteiger partial charge in [0.2, 0.25) is 0 Å². The summed E-state index contributed by atoms with van der Waals surface area (Å²) in [6, 6.07) is 2.07. The third-order valence-electron chi connectivity index (χ3n) is 3.84. The number of rotatable bonds is 5. The molecule has 0 aliphatic heterocycles. The molecule has 0 amide bonds. The van der Waals surface area contributed by atoms with Crippen LogP contribution >= 0.6 is 0 Å². The Morgan fingerprint density at radius 3 is 2.78 bits per heavy atom. The van der Waals surface area contributed by atoms with Gasteiger partial charge in [-0.1, -0.05) is 13.8 Å². The fourth-order valence-electron chi connectivity index (χ4n) is 2.54. The summed E-state index contributed by atoms with van der Waals surface area (Å²) in [7, 11) is 1.94. The van der Waals surface area contributed by atoms with Crippen molar-refractivity contribution < 1.29 is 9.15 Å². The summed E-state index contributed by atoms with van der Waals surface area (Å²) in [4.78, 5) is 0. The quantitative estimate of drug-likeness (QED) is 0.870. The second-order valence-corrected chi connectivity index (χ2v) is 6.13. The van der Waals surface area contributed by atoms with Crippen molar-refractivity contribution in [2.75, 3.05) is 7.05 Å². The van der Waals surface area contributed by atoms with E-state index in [1.165, 1.54) is 31.2 Å². The molecule has 1 aromatic rings. The highest BCUT2D eigenvalue weighted by molar-refractivity contribution is 5.11. The molecule has 0 spiro atoms. The average molecular weight is 251 g/mol. The first-order valence-electron chi connectivity index (χ1n) is 6.91. The van der Waals surface area contributed by atoms with E-state index in [-0.39, 0.29) is 0 Å². The van der Waals surface area contributed by atoms with Gasteiger partial charge in [0.25, 0.3) is 0 Å². The zero-order chi connectivity index (χ0) is 13.0. The number of hydrogen-bond acceptors (Lipinski definition) is 3. The van der Waals surface area contributed by atoms with E-state index in [4.69, 9.17) is 9.15 Å². The smallest absolute Gasteiger partial charge is 0.129 e. The Bertz CT molecular complexity index is 360. The average Bonchev–Trinajstić information content (AvgIpc) is 2.76. The van der Waals surface area contributed by atoms with E-state index in [1.807, 2.05) is 7.05 Å². The van der Waals surface area contributed by atoms with Gasteiger partial charge >= 0.3 is 0 Å². The standard InChI is InChI=1S/C15H25NO2/c1-15(2)6-4-13(5-7-15)18-11-14-8-12(9-16-3)10-17-14/h8,10,13,16H,4-7,9,11H2,1-3H3. The molecule has 0 saturated heterocycles. The SMILES string of the molecule is CNCc1coc(COC2CCC(C)(C)CC2)c1. The predicted octanol–water partition coefficient (Wildman–Crippen LogP) is 3.48. The molecular weight excluding hydrogens is 226 g/mol. The van der Waals surface area contributed by atoms with Crippen molar-refractivity contribution >= 4 is 0 Å². The summed E-state index contributed by atoms with van der Waals surface area (Å²) in [5, 5.41) is 3.11. The van der Waals surface area contributed by atoms with Crippen LogP contribution in [-0.2, 0) is 17.9 Å². The van der Waals surface area contributed by atoms with Crippen molar-refractivity contribution in [3.05, 3.63) is 23.7 Å². The first-order chi connectivity index (χ1) is 8.59. The van der Waals surface area contributed by atoms with Crippen molar-refractivity contribution in [2.45, 2.75) is 58.8 Å². The van der Waals surface area contributed by atoms with E-state index in [0.29, 0.717) is 18.1 Å². The maximum atomic E-state index is 5.94. The summed E-state index contributed by atoms with van der Waals surface area (Å²) in [5.74, 6) is 0.935. The summed E-state index contributed by atoms with van der Waals surface area (Å²) >= 11 is 0. The Morgan fingerprint density at radius 2 is 2.11 bits per heavy atom. The van der Waals surface area contributed by atoms with Gasteiger partial charge in [-0.15, -0.1) is 0 Å². The number of nitrogens with one attached hydrogen (secondary N) is 1. The van der Waals surface area contributed by atoms with Crippen molar-refractivity contribution in [3.8, 4) is 0 Å². The van der Waals surface area contributed by atoms with E-state index in [2.05, 4.69) is 25.2 Å². The second-order valence-electron chi connectivity index (χ2n) is 6.13. The molecule has 1 saturated carbocycles. The lowest BCUT2D eigenvalue weighted by Gasteiger charge is -2.33. The molecule has 0 aromatic carbocycles. The van der Waals surface area contributed by atoms with Crippen LogP contribution in [0.3, 0.4) is 0 Å². The van der Waals surface area contributed by atoms with E-state index in [0.717, 1.165) is 12.3 Å². The first-order valence-corrected chi connectivity index (χ1v) is 6.91. The molecule has 0 unspecified atom stereocenters. The maximum Gasteiger partial charge on any atom is 0.129 e. The van der Waals surface area contributed by atoms with Crippen LogP contribution in [0.4, 0.5) is 0 Å². The maximum absolute atomic E-state index is 5.94. The van der Waals surface area contributed by atoms with Gasteiger partial charge in [0.15, 0.2) is 0 Å². The fourth-order valence-corrected chi connectivity index (χ4v) is 2.54. The van der Waals surface area contributed by atoms with Crippen LogP contribution in [0.1, 0.15) is 50.9 Å². The molecule has 2 rings (SSSR count). The molecule has 1 aliphatic carbocycles. The van der Waals surface area contributed by atoms with Gasteiger partial charge in [0, 0.05) is 12.1 Å². The third kappa shape index (κ3) is 3.85. The molecule has 3 nitrogen and oxygen atoms in total. The zero-order valence-corrected chi connectivity index (χ0v) is 11.8. The minimum Gasteiger partial charge on any atom is -0.467 e. The van der Waals surface area contributed by atoms with Crippen molar-refractivity contribution in [1.29, 1.82) is 0 Å². The van der Waals surface area contributed by atoms with E-state index < -0.39 is 0 Å². The van der Waals surface area contributed by atoms with Gasteiger partial charge in [0.05, 0.1) is 12.4 Å². The Hall–Kier alpha value is -0.800. The molecule has 1 aromatic heterocycles. The molecule has 102 valence electrons. The van der Waals surface area contributed by atoms with Gasteiger partial charge in [-0.05, 0) is 44.2 Å². The zero-order valence-electron chi connectivity index (χ0n) is 11.8. The van der Waals surface area contributed by atoms with Crippen molar-refractivity contribution in [3.63, 3.8) is 0 Å². The van der Waals surface area contributed by atoms with Gasteiger partial charge in [-0.3, -0.25) is 0 Å². The number of furan rings is 1. The van der Waals surface area contributed by atoms with Crippen LogP contribution in [0, 0.1) is 5.41 Å². The molecule has 3 heteroatoms. The van der Waals surface area contributed by atoms with E-state index >= 15 is 0 Å². The van der Waals surface area contributed by atoms with Crippen LogP contribution in [0.2, 0.25) is 0 Å². The Balaban J connectivity index is 1.74. The lowest BCUT2D eigenvalue weighted by atomic mass is 9.76. The Labute approximate surface area is 110 Å². The molecule has 1 aliphatic rings. The third-order valence-corrected chi connectivity index (χ3v) is 3.84. The molecule has 0 bridgehead atoms. The van der Waals surface area contributed by atoms with Crippen LogP contribution in [-0.4, -0.2) is 13.2 Å². The minimum atomic E-state index is 0.413. The normalized spacial score (nSPS) is 20.2. The van der Waals surface area contributed by atoms with Crippen LogP contribution in [0.15, 0.2) is 16.7 Å². The molecule has 0 atom stereocenters. The van der Waals surface area contributed by atoms with Gasteiger partial charge in [-0.2, -0.15) is 0 Å². The summed E-state index contributed by atoms with van der Waals surface area (Å²) in [6.07, 6.45) is 7.10. The van der Waals surface area contributed by atoms with Gasteiger partial charge in [-0.25, -0.2) is 0 Å². The second kappa shape index (κ2) is 5.89. The fraction of sp³-hybridized carbons (Fsp3) is 0.733. The lowest BCUT2D eigenvalue weighted by molar-refractivity contribution is -0.0120. The number of hydrogen-bond donors (Lipinski definition) is 1. The van der Waals surface area contributed by atoms with Crippen LogP contribution < -0.4 is 5.32 Å². The predicted molar refractivity (Wildman–Crippen MR) is 72.3 cm³/mol. The molecule has 0 radical (unpaired) electrons. The summed E-state index contributed by atoms with van der Waals surface area (Å²) in [6.45, 7) is 6.15. The van der Waals surface area contributed by atoms with E-state index in [1.54, 1.807) is 6.26 Å². The molecule has 18 heavy (non-hydrogen) atoms. The molecule has 1 heterocycles. The molecule has 1 N–H and O–H groups in total. The summed E-state index contributed by atoms with van der Waals surface area (Å²) < 4.78 is 11.4. The minimum absolute atomic E-state index is 0.413. The summed E-state index contributed by atoms with van der Waals surface area (Å²) in [5.41, 5.74) is 1.69. The highest BCUT2D eigenvalue weighted by Crippen LogP contribution is 2.36. The van der Waals surface area contributed by atoms with Gasteiger partial charge in [0.1, 0.15) is 12.4 Å². The van der Waals surface area contributed by atoms with Gasteiger partial charge < -0.3 is 14.5 Å². The topological polar surface area (TPSA) is 34.4 Å².